The Morgan fingerprint density at radius 2 is 1.95 bits per heavy atom. The molecule has 1 aliphatic heterocycles. The predicted molar refractivity (Wildman–Crippen MR) is 150 cm³/mol. The van der Waals surface area contributed by atoms with Gasteiger partial charge >= 0.3 is 5.97 Å². The molecule has 1 aliphatic rings. The highest BCUT2D eigenvalue weighted by atomic mass is 32.1. The zero-order chi connectivity index (χ0) is 28.4. The van der Waals surface area contributed by atoms with Gasteiger partial charge in [-0.05, 0) is 43.2 Å². The maximum absolute atomic E-state index is 13.8. The minimum atomic E-state index is -1.05. The van der Waals surface area contributed by atoms with Gasteiger partial charge < -0.3 is 19.0 Å². The Balaban J connectivity index is 1.59. The highest BCUT2D eigenvalue weighted by Crippen LogP contribution is 2.44. The molecule has 0 bridgehead atoms. The van der Waals surface area contributed by atoms with Gasteiger partial charge in [-0.1, -0.05) is 61.2 Å². The van der Waals surface area contributed by atoms with Crippen molar-refractivity contribution in [2.75, 3.05) is 18.1 Å². The lowest BCUT2D eigenvalue weighted by Crippen LogP contribution is -2.31. The summed E-state index contributed by atoms with van der Waals surface area (Å²) < 4.78 is 16.6. The van der Waals surface area contributed by atoms with Gasteiger partial charge in [0.05, 0.1) is 23.9 Å². The predicted octanol–water partition coefficient (Wildman–Crippen LogP) is 6.11. The van der Waals surface area contributed by atoms with Crippen LogP contribution in [0, 0.1) is 6.92 Å². The molecule has 3 heterocycles. The molecule has 0 fully saturated rings. The lowest BCUT2D eigenvalue weighted by Gasteiger charge is -2.24. The molecule has 204 valence electrons. The first-order valence-electron chi connectivity index (χ1n) is 12.6. The van der Waals surface area contributed by atoms with Crippen molar-refractivity contribution in [3.8, 4) is 5.75 Å². The van der Waals surface area contributed by atoms with Crippen LogP contribution in [0.2, 0.25) is 0 Å². The van der Waals surface area contributed by atoms with Gasteiger partial charge in [0.25, 0.3) is 5.91 Å². The molecular weight excluding hydrogens is 532 g/mol. The van der Waals surface area contributed by atoms with Crippen molar-refractivity contribution in [3.05, 3.63) is 100 Å². The molecule has 5 rings (SSSR count). The van der Waals surface area contributed by atoms with E-state index in [4.69, 9.17) is 13.9 Å². The Kier molecular flexibility index (Phi) is 7.52. The van der Waals surface area contributed by atoms with Crippen molar-refractivity contribution >= 4 is 45.1 Å². The number of Topliss-reactive ketones (excluding diaryl/α,β-unsaturated/α-hetero) is 1. The van der Waals surface area contributed by atoms with Crippen LogP contribution in [-0.2, 0) is 9.53 Å². The largest absolute Gasteiger partial charge is 0.503 e. The molecule has 1 atom stereocenters. The van der Waals surface area contributed by atoms with Crippen LogP contribution >= 0.6 is 11.3 Å². The van der Waals surface area contributed by atoms with E-state index in [1.165, 1.54) is 11.0 Å². The van der Waals surface area contributed by atoms with Crippen molar-refractivity contribution in [2.24, 2.45) is 0 Å². The summed E-state index contributed by atoms with van der Waals surface area (Å²) in [5.74, 6) is -2.19. The number of thiazole rings is 1. The summed E-state index contributed by atoms with van der Waals surface area (Å²) in [6, 6.07) is 14.6. The normalized spacial score (nSPS) is 15.1. The number of hydrogen-bond donors (Lipinski definition) is 1. The van der Waals surface area contributed by atoms with Crippen LogP contribution in [0.25, 0.3) is 11.0 Å². The Labute approximate surface area is 234 Å². The number of benzene rings is 2. The number of anilines is 1. The molecule has 1 N–H and O–H groups in total. The maximum Gasteiger partial charge on any atom is 0.350 e. The number of ether oxygens (including phenoxy) is 2. The number of amides is 1. The number of hydrogen-bond acceptors (Lipinski definition) is 9. The lowest BCUT2D eigenvalue weighted by molar-refractivity contribution is -0.117. The second-order valence-electron chi connectivity index (χ2n) is 9.03. The first kappa shape index (κ1) is 26.9. The average molecular weight is 559 g/mol. The number of fused-ring (bicyclic) bond motifs is 1. The highest BCUT2D eigenvalue weighted by molar-refractivity contribution is 7.17. The molecule has 2 aromatic carbocycles. The van der Waals surface area contributed by atoms with Crippen molar-refractivity contribution in [2.45, 2.75) is 26.3 Å². The van der Waals surface area contributed by atoms with E-state index < -0.39 is 29.5 Å². The number of para-hydroxylation sites is 1. The molecule has 9 nitrogen and oxygen atoms in total. The molecule has 0 radical (unpaired) electrons. The number of rotatable bonds is 10. The Morgan fingerprint density at radius 1 is 1.20 bits per heavy atom. The van der Waals surface area contributed by atoms with Gasteiger partial charge in [-0.2, -0.15) is 0 Å². The third kappa shape index (κ3) is 4.89. The van der Waals surface area contributed by atoms with Gasteiger partial charge in [-0.25, -0.2) is 9.78 Å². The highest BCUT2D eigenvalue weighted by Gasteiger charge is 2.47. The van der Waals surface area contributed by atoms with E-state index in [1.807, 2.05) is 13.0 Å². The van der Waals surface area contributed by atoms with E-state index in [9.17, 15) is 19.5 Å². The number of nitrogens with zero attached hydrogens (tertiary/aromatic N) is 2. The lowest BCUT2D eigenvalue weighted by atomic mass is 9.95. The Morgan fingerprint density at radius 3 is 2.65 bits per heavy atom. The number of aromatic nitrogens is 1. The van der Waals surface area contributed by atoms with Gasteiger partial charge in [0.2, 0.25) is 5.78 Å². The number of aryl methyl sites for hydroxylation is 1. The second kappa shape index (κ2) is 11.2. The quantitative estimate of drug-likeness (QED) is 0.141. The molecule has 0 saturated heterocycles. The number of furan rings is 1. The molecule has 40 heavy (non-hydrogen) atoms. The van der Waals surface area contributed by atoms with E-state index in [-0.39, 0.29) is 27.9 Å². The van der Waals surface area contributed by atoms with Gasteiger partial charge in [0, 0.05) is 5.39 Å². The molecule has 0 saturated carbocycles. The summed E-state index contributed by atoms with van der Waals surface area (Å²) in [7, 11) is 0. The standard InChI is InChI=1S/C30H26N2O7S/c1-4-14-37-20-12-10-18(11-13-20)24-23(25(33)22-16-19-8-6-7-9-21(19)39-22)26(34)28(35)32(24)30-31-17(3)27(40-30)29(36)38-15-5-2/h5-13,16,24,34H,2,4,14-15H2,1,3H3. The number of esters is 1. The molecule has 4 aromatic rings. The van der Waals surface area contributed by atoms with Crippen LogP contribution < -0.4 is 9.64 Å². The van der Waals surface area contributed by atoms with E-state index in [1.54, 1.807) is 55.5 Å². The smallest absolute Gasteiger partial charge is 0.350 e. The summed E-state index contributed by atoms with van der Waals surface area (Å²) in [5, 5.41) is 11.9. The van der Waals surface area contributed by atoms with Gasteiger partial charge in [0.15, 0.2) is 16.7 Å². The van der Waals surface area contributed by atoms with Gasteiger partial charge in [0.1, 0.15) is 22.8 Å². The number of carbonyl (C=O) groups excluding carboxylic acids is 3. The third-order valence-corrected chi connectivity index (χ3v) is 7.42. The fraction of sp³-hybridized carbons (Fsp3) is 0.200. The maximum atomic E-state index is 13.8. The summed E-state index contributed by atoms with van der Waals surface area (Å²) in [5.41, 5.74) is 1.22. The van der Waals surface area contributed by atoms with E-state index in [2.05, 4.69) is 11.6 Å². The van der Waals surface area contributed by atoms with Crippen LogP contribution in [0.3, 0.4) is 0 Å². The van der Waals surface area contributed by atoms with Crippen LogP contribution in [-0.4, -0.2) is 41.0 Å². The fourth-order valence-electron chi connectivity index (χ4n) is 4.42. The van der Waals surface area contributed by atoms with Crippen molar-refractivity contribution in [1.29, 1.82) is 0 Å². The number of aliphatic hydroxyl groups excluding tert-OH is 1. The second-order valence-corrected chi connectivity index (χ2v) is 10.0. The van der Waals surface area contributed by atoms with Crippen LogP contribution in [0.15, 0.2) is 83.0 Å². The van der Waals surface area contributed by atoms with Crippen molar-refractivity contribution in [1.82, 2.24) is 4.98 Å². The van der Waals surface area contributed by atoms with Crippen molar-refractivity contribution in [3.63, 3.8) is 0 Å². The fourth-order valence-corrected chi connectivity index (χ4v) is 5.40. The topological polar surface area (TPSA) is 119 Å². The average Bonchev–Trinajstić information content (AvgIpc) is 3.64. The zero-order valence-corrected chi connectivity index (χ0v) is 22.7. The summed E-state index contributed by atoms with van der Waals surface area (Å²) in [6.07, 6.45) is 2.28. The van der Waals surface area contributed by atoms with Crippen LogP contribution in [0.1, 0.15) is 50.9 Å². The first-order valence-corrected chi connectivity index (χ1v) is 13.4. The number of carbonyl (C=O) groups is 3. The van der Waals surface area contributed by atoms with Crippen LogP contribution in [0.5, 0.6) is 5.75 Å². The van der Waals surface area contributed by atoms with E-state index in [0.717, 1.165) is 17.8 Å². The number of ketones is 1. The van der Waals surface area contributed by atoms with Crippen molar-refractivity contribution < 1.29 is 33.4 Å². The van der Waals surface area contributed by atoms with Crippen LogP contribution in [0.4, 0.5) is 5.13 Å². The molecule has 2 aromatic heterocycles. The van der Waals surface area contributed by atoms with E-state index in [0.29, 0.717) is 34.6 Å². The van der Waals surface area contributed by atoms with Gasteiger partial charge in [-0.3, -0.25) is 14.5 Å². The third-order valence-electron chi connectivity index (χ3n) is 6.28. The summed E-state index contributed by atoms with van der Waals surface area (Å²) in [6.45, 7) is 7.71. The molecule has 1 unspecified atom stereocenters. The first-order chi connectivity index (χ1) is 19.3. The van der Waals surface area contributed by atoms with E-state index >= 15 is 0 Å². The Bertz CT molecular complexity index is 1610. The molecular formula is C30H26N2O7S. The Hall–Kier alpha value is -4.70. The zero-order valence-electron chi connectivity index (χ0n) is 21.9. The summed E-state index contributed by atoms with van der Waals surface area (Å²) in [4.78, 5) is 45.8. The molecule has 10 heteroatoms. The minimum absolute atomic E-state index is 0.0156. The molecule has 1 amide bonds. The number of aliphatic hydroxyl groups is 1. The molecule has 0 spiro atoms. The van der Waals surface area contributed by atoms with Gasteiger partial charge in [-0.15, -0.1) is 0 Å². The monoisotopic (exact) mass is 558 g/mol. The minimum Gasteiger partial charge on any atom is -0.503 e. The molecule has 0 aliphatic carbocycles. The summed E-state index contributed by atoms with van der Waals surface area (Å²) >= 11 is 0.935. The SMILES string of the molecule is C=CCOC(=O)c1sc(N2C(=O)C(O)=C(C(=O)c3cc4ccccc4o3)C2c2ccc(OCCC)cc2)nc1C.